The topological polar surface area (TPSA) is 20.3 Å². The fourth-order valence-corrected chi connectivity index (χ4v) is 4.72. The van der Waals surface area contributed by atoms with E-state index in [1.165, 1.54) is 0 Å². The summed E-state index contributed by atoms with van der Waals surface area (Å²) in [5, 5.41) is 1.99. The van der Waals surface area contributed by atoms with E-state index >= 15 is 0 Å². The normalized spacial score (nSPS) is 17.3. The highest BCUT2D eigenvalue weighted by molar-refractivity contribution is 6.38. The first kappa shape index (κ1) is 23.1. The second kappa shape index (κ2) is 10.2. The van der Waals surface area contributed by atoms with Gasteiger partial charge in [0.1, 0.15) is 0 Å². The van der Waals surface area contributed by atoms with Crippen molar-refractivity contribution in [2.45, 2.75) is 6.54 Å². The molecule has 2 nitrogen and oxygen atoms in total. The summed E-state index contributed by atoms with van der Waals surface area (Å²) in [7, 11) is 0. The molecule has 0 spiro atoms. The fourth-order valence-electron chi connectivity index (χ4n) is 3.71. The van der Waals surface area contributed by atoms with Crippen LogP contribution in [0.1, 0.15) is 16.7 Å². The van der Waals surface area contributed by atoms with Crippen LogP contribution in [0.4, 0.5) is 0 Å². The van der Waals surface area contributed by atoms with Gasteiger partial charge < -0.3 is 0 Å². The van der Waals surface area contributed by atoms with Crippen LogP contribution in [0, 0.1) is 0 Å². The quantitative estimate of drug-likeness (QED) is 0.338. The number of likely N-dealkylation sites (tertiary alicyclic amines) is 1. The van der Waals surface area contributed by atoms with Crippen LogP contribution in [-0.4, -0.2) is 23.8 Å². The molecular formula is C26H19Cl4NO. The van der Waals surface area contributed by atoms with Gasteiger partial charge >= 0.3 is 0 Å². The average molecular weight is 503 g/mol. The van der Waals surface area contributed by atoms with Gasteiger partial charge in [0.2, 0.25) is 0 Å². The van der Waals surface area contributed by atoms with Crippen molar-refractivity contribution in [3.8, 4) is 0 Å². The van der Waals surface area contributed by atoms with E-state index in [4.69, 9.17) is 46.4 Å². The molecule has 1 aliphatic rings. The Labute approximate surface area is 207 Å². The van der Waals surface area contributed by atoms with E-state index in [0.717, 1.165) is 5.56 Å². The number of nitrogens with zero attached hydrogens (tertiary/aromatic N) is 1. The van der Waals surface area contributed by atoms with E-state index in [1.807, 2.05) is 18.2 Å². The summed E-state index contributed by atoms with van der Waals surface area (Å²) < 4.78 is 0. The number of carbonyl (C=O) groups is 1. The Balaban J connectivity index is 1.77. The van der Waals surface area contributed by atoms with Crippen molar-refractivity contribution < 1.29 is 4.79 Å². The largest absolute Gasteiger partial charge is 0.290 e. The fraction of sp³-hybridized carbons (Fsp3) is 0.115. The third kappa shape index (κ3) is 5.28. The van der Waals surface area contributed by atoms with Gasteiger partial charge in [0.15, 0.2) is 5.78 Å². The molecule has 0 radical (unpaired) electrons. The highest BCUT2D eigenvalue weighted by Gasteiger charge is 2.27. The summed E-state index contributed by atoms with van der Waals surface area (Å²) in [6.45, 7) is 1.64. The van der Waals surface area contributed by atoms with E-state index in [-0.39, 0.29) is 5.78 Å². The predicted octanol–water partition coefficient (Wildman–Crippen LogP) is 7.85. The monoisotopic (exact) mass is 501 g/mol. The average Bonchev–Trinajstić information content (AvgIpc) is 2.77. The van der Waals surface area contributed by atoms with Crippen LogP contribution in [0.2, 0.25) is 20.1 Å². The van der Waals surface area contributed by atoms with Crippen molar-refractivity contribution in [3.63, 3.8) is 0 Å². The maximum absolute atomic E-state index is 13.4. The summed E-state index contributed by atoms with van der Waals surface area (Å²) in [5.74, 6) is -0.0683. The van der Waals surface area contributed by atoms with Crippen LogP contribution >= 0.6 is 46.4 Å². The maximum atomic E-state index is 13.4. The lowest BCUT2D eigenvalue weighted by molar-refractivity contribution is -0.113. The van der Waals surface area contributed by atoms with Crippen LogP contribution in [0.25, 0.3) is 12.2 Å². The summed E-state index contributed by atoms with van der Waals surface area (Å²) in [6, 6.07) is 20.7. The van der Waals surface area contributed by atoms with Gasteiger partial charge in [0.25, 0.3) is 0 Å². The van der Waals surface area contributed by atoms with Gasteiger partial charge in [0, 0.05) is 62.0 Å². The molecule has 3 aromatic carbocycles. The molecule has 162 valence electrons. The highest BCUT2D eigenvalue weighted by atomic mass is 35.5. The van der Waals surface area contributed by atoms with Gasteiger partial charge in [0.05, 0.1) is 0 Å². The second-order valence-corrected chi connectivity index (χ2v) is 9.20. The molecule has 0 aliphatic carbocycles. The molecule has 4 rings (SSSR count). The molecule has 0 unspecified atom stereocenters. The van der Waals surface area contributed by atoms with Crippen LogP contribution in [0.15, 0.2) is 77.9 Å². The van der Waals surface area contributed by atoms with Crippen LogP contribution in [0.3, 0.4) is 0 Å². The zero-order chi connectivity index (χ0) is 22.7. The summed E-state index contributed by atoms with van der Waals surface area (Å²) in [4.78, 5) is 15.6. The van der Waals surface area contributed by atoms with Gasteiger partial charge in [-0.25, -0.2) is 0 Å². The number of rotatable bonds is 4. The van der Waals surface area contributed by atoms with Crippen LogP contribution in [0.5, 0.6) is 0 Å². The Morgan fingerprint density at radius 3 is 1.53 bits per heavy atom. The van der Waals surface area contributed by atoms with E-state index in [9.17, 15) is 4.79 Å². The summed E-state index contributed by atoms with van der Waals surface area (Å²) >= 11 is 25.5. The SMILES string of the molecule is O=C1/C(=C/c2c(Cl)cccc2Cl)CN(Cc2ccccc2)C/C1=C\c1c(Cl)cccc1Cl. The van der Waals surface area contributed by atoms with Crippen molar-refractivity contribution in [2.24, 2.45) is 0 Å². The standard InChI is InChI=1S/C26H19Cl4NO/c27-22-8-4-9-23(28)20(22)12-18-15-31(14-17-6-2-1-3-7-17)16-19(26(18)32)13-21-24(29)10-5-11-25(21)30/h1-13H,14-16H2/b18-12+,19-13+. The van der Waals surface area contributed by atoms with Crippen molar-refractivity contribution >= 4 is 64.3 Å². The van der Waals surface area contributed by atoms with Crippen LogP contribution < -0.4 is 0 Å². The molecule has 1 heterocycles. The highest BCUT2D eigenvalue weighted by Crippen LogP contribution is 2.32. The molecular weight excluding hydrogens is 484 g/mol. The predicted molar refractivity (Wildman–Crippen MR) is 136 cm³/mol. The van der Waals surface area contributed by atoms with Gasteiger partial charge in [-0.1, -0.05) is 88.9 Å². The number of halogens is 4. The zero-order valence-corrected chi connectivity index (χ0v) is 20.0. The van der Waals surface area contributed by atoms with Gasteiger partial charge in [-0.05, 0) is 42.0 Å². The van der Waals surface area contributed by atoms with Crippen molar-refractivity contribution in [1.82, 2.24) is 4.90 Å². The number of hydrogen-bond acceptors (Lipinski definition) is 2. The molecule has 0 saturated carbocycles. The van der Waals surface area contributed by atoms with E-state index in [1.54, 1.807) is 48.6 Å². The smallest absolute Gasteiger partial charge is 0.187 e. The maximum Gasteiger partial charge on any atom is 0.187 e. The molecule has 0 aromatic heterocycles. The van der Waals surface area contributed by atoms with Crippen molar-refractivity contribution in [1.29, 1.82) is 0 Å². The minimum atomic E-state index is -0.0683. The Kier molecular flexibility index (Phi) is 7.40. The molecule has 3 aromatic rings. The Morgan fingerprint density at radius 2 is 1.09 bits per heavy atom. The molecule has 0 bridgehead atoms. The molecule has 1 fully saturated rings. The van der Waals surface area contributed by atoms with Crippen molar-refractivity contribution in [3.05, 3.63) is 115 Å². The molecule has 0 atom stereocenters. The van der Waals surface area contributed by atoms with Gasteiger partial charge in [-0.3, -0.25) is 9.69 Å². The molecule has 6 heteroatoms. The molecule has 1 saturated heterocycles. The molecule has 0 N–H and O–H groups in total. The molecule has 0 amide bonds. The first-order chi connectivity index (χ1) is 15.4. The lowest BCUT2D eigenvalue weighted by Gasteiger charge is -2.30. The number of Topliss-reactive ketones (excluding diaryl/α,β-unsaturated/α-hetero) is 1. The minimum Gasteiger partial charge on any atom is -0.290 e. The van der Waals surface area contributed by atoms with Crippen LogP contribution in [-0.2, 0) is 11.3 Å². The third-order valence-electron chi connectivity index (χ3n) is 5.26. The van der Waals surface area contributed by atoms with Gasteiger partial charge in [-0.15, -0.1) is 0 Å². The summed E-state index contributed by atoms with van der Waals surface area (Å²) in [5.41, 5.74) is 3.65. The Bertz CT molecular complexity index is 1100. The molecule has 1 aliphatic heterocycles. The van der Waals surface area contributed by atoms with E-state index in [2.05, 4.69) is 17.0 Å². The first-order valence-corrected chi connectivity index (χ1v) is 11.5. The Hall–Kier alpha value is -2.07. The lowest BCUT2D eigenvalue weighted by atomic mass is 9.93. The zero-order valence-electron chi connectivity index (χ0n) is 17.0. The number of benzene rings is 3. The number of ketones is 1. The number of hydrogen-bond donors (Lipinski definition) is 0. The van der Waals surface area contributed by atoms with E-state index in [0.29, 0.717) is 62.0 Å². The molecule has 32 heavy (non-hydrogen) atoms. The lowest BCUT2D eigenvalue weighted by Crippen LogP contribution is -2.37. The van der Waals surface area contributed by atoms with Gasteiger partial charge in [-0.2, -0.15) is 0 Å². The third-order valence-corrected chi connectivity index (χ3v) is 6.58. The first-order valence-electron chi connectivity index (χ1n) is 10.0. The number of carbonyl (C=O) groups excluding carboxylic acids is 1. The Morgan fingerprint density at radius 1 is 0.656 bits per heavy atom. The second-order valence-electron chi connectivity index (χ2n) is 7.57. The van der Waals surface area contributed by atoms with Crippen molar-refractivity contribution in [2.75, 3.05) is 13.1 Å². The summed E-state index contributed by atoms with van der Waals surface area (Å²) in [6.07, 6.45) is 3.57. The number of piperidine rings is 1. The minimum absolute atomic E-state index is 0.0683. The van der Waals surface area contributed by atoms with E-state index < -0.39 is 0 Å².